The second-order valence-electron chi connectivity index (χ2n) is 3.62. The van der Waals surface area contributed by atoms with Crippen molar-refractivity contribution in [3.05, 3.63) is 21.9 Å². The van der Waals surface area contributed by atoms with E-state index in [2.05, 4.69) is 27.6 Å². The summed E-state index contributed by atoms with van der Waals surface area (Å²) in [7, 11) is 0. The molecule has 1 fully saturated rings. The topological polar surface area (TPSA) is 59.2 Å². The third-order valence-electron chi connectivity index (χ3n) is 2.53. The number of amides is 1. The molecule has 1 aromatic heterocycles. The van der Waals surface area contributed by atoms with Gasteiger partial charge in [-0.3, -0.25) is 9.69 Å². The van der Waals surface area contributed by atoms with Crippen LogP contribution >= 0.6 is 22.6 Å². The van der Waals surface area contributed by atoms with Gasteiger partial charge in [0.25, 0.3) is 0 Å². The van der Waals surface area contributed by atoms with E-state index in [1.807, 2.05) is 12.1 Å². The van der Waals surface area contributed by atoms with Crippen LogP contribution < -0.4 is 10.6 Å². The minimum absolute atomic E-state index is 0.127. The highest BCUT2D eigenvalue weighted by molar-refractivity contribution is 14.1. The van der Waals surface area contributed by atoms with Crippen LogP contribution in [0.15, 0.2) is 18.3 Å². The van der Waals surface area contributed by atoms with Gasteiger partial charge in [0.05, 0.1) is 3.57 Å². The van der Waals surface area contributed by atoms with Crippen molar-refractivity contribution in [1.29, 1.82) is 0 Å². The molecule has 1 aliphatic heterocycles. The fourth-order valence-corrected chi connectivity index (χ4v) is 2.36. The number of pyridine rings is 1. The third-order valence-corrected chi connectivity index (χ3v) is 3.38. The number of hydrogen-bond donors (Lipinski definition) is 1. The lowest BCUT2D eigenvalue weighted by Crippen LogP contribution is -2.27. The third kappa shape index (κ3) is 2.12. The number of nitrogens with zero attached hydrogens (tertiary/aromatic N) is 2. The maximum Gasteiger partial charge on any atom is 0.228 e. The molecule has 0 aromatic carbocycles. The smallest absolute Gasteiger partial charge is 0.228 e. The first-order valence-corrected chi connectivity index (χ1v) is 5.91. The zero-order valence-corrected chi connectivity index (χ0v) is 10.3. The van der Waals surface area contributed by atoms with Crippen molar-refractivity contribution >= 4 is 34.3 Å². The number of hydrogen-bond acceptors (Lipinski definition) is 3. The molecule has 5 heteroatoms. The van der Waals surface area contributed by atoms with Gasteiger partial charge in [-0.25, -0.2) is 4.98 Å². The van der Waals surface area contributed by atoms with Crippen LogP contribution in [-0.2, 0) is 4.79 Å². The summed E-state index contributed by atoms with van der Waals surface area (Å²) in [5.41, 5.74) is 5.57. The maximum absolute atomic E-state index is 11.7. The van der Waals surface area contributed by atoms with Gasteiger partial charge in [0.2, 0.25) is 5.91 Å². The Balaban J connectivity index is 2.25. The lowest BCUT2D eigenvalue weighted by Gasteiger charge is -2.16. The van der Waals surface area contributed by atoms with Crippen molar-refractivity contribution in [1.82, 2.24) is 4.98 Å². The van der Waals surface area contributed by atoms with E-state index in [-0.39, 0.29) is 11.8 Å². The number of aromatic nitrogens is 1. The number of halogens is 1. The lowest BCUT2D eigenvalue weighted by molar-refractivity contribution is -0.117. The van der Waals surface area contributed by atoms with E-state index >= 15 is 0 Å². The molecule has 2 N–H and O–H groups in total. The van der Waals surface area contributed by atoms with Gasteiger partial charge in [-0.1, -0.05) is 0 Å². The Hall–Kier alpha value is -0.690. The number of carbonyl (C=O) groups is 1. The molecule has 0 spiro atoms. The van der Waals surface area contributed by atoms with E-state index in [9.17, 15) is 4.79 Å². The van der Waals surface area contributed by atoms with E-state index in [0.717, 1.165) is 9.39 Å². The second kappa shape index (κ2) is 4.44. The highest BCUT2D eigenvalue weighted by Crippen LogP contribution is 2.26. The summed E-state index contributed by atoms with van der Waals surface area (Å²) in [6, 6.07) is 3.82. The molecule has 0 bridgehead atoms. The Labute approximate surface area is 102 Å². The molecular weight excluding hydrogens is 305 g/mol. The van der Waals surface area contributed by atoms with Crippen molar-refractivity contribution in [2.75, 3.05) is 18.0 Å². The van der Waals surface area contributed by atoms with Crippen LogP contribution in [0.2, 0.25) is 0 Å². The summed E-state index contributed by atoms with van der Waals surface area (Å²) in [4.78, 5) is 17.7. The van der Waals surface area contributed by atoms with Crippen LogP contribution in [0.1, 0.15) is 6.42 Å². The van der Waals surface area contributed by atoms with Crippen molar-refractivity contribution in [2.24, 2.45) is 11.7 Å². The minimum atomic E-state index is 0.127. The molecule has 80 valence electrons. The minimum Gasteiger partial charge on any atom is -0.330 e. The summed E-state index contributed by atoms with van der Waals surface area (Å²) in [5, 5.41) is 0. The van der Waals surface area contributed by atoms with Crippen LogP contribution in [0.3, 0.4) is 0 Å². The molecule has 1 saturated heterocycles. The van der Waals surface area contributed by atoms with E-state index in [4.69, 9.17) is 5.73 Å². The van der Waals surface area contributed by atoms with Gasteiger partial charge >= 0.3 is 0 Å². The highest BCUT2D eigenvalue weighted by atomic mass is 127. The molecule has 2 heterocycles. The molecule has 1 amide bonds. The van der Waals surface area contributed by atoms with Gasteiger partial charge in [-0.05, 0) is 47.2 Å². The molecule has 1 atom stereocenters. The quantitative estimate of drug-likeness (QED) is 0.828. The normalized spacial score (nSPS) is 21.1. The van der Waals surface area contributed by atoms with Crippen LogP contribution in [-0.4, -0.2) is 24.0 Å². The first-order valence-electron chi connectivity index (χ1n) is 4.83. The molecule has 0 radical (unpaired) electrons. The molecule has 4 nitrogen and oxygen atoms in total. The monoisotopic (exact) mass is 317 g/mol. The van der Waals surface area contributed by atoms with Crippen molar-refractivity contribution in [3.63, 3.8) is 0 Å². The van der Waals surface area contributed by atoms with Crippen LogP contribution in [0.25, 0.3) is 0 Å². The van der Waals surface area contributed by atoms with E-state index < -0.39 is 0 Å². The summed E-state index contributed by atoms with van der Waals surface area (Å²) in [6.45, 7) is 1.26. The molecule has 1 unspecified atom stereocenters. The van der Waals surface area contributed by atoms with Crippen LogP contribution in [0.5, 0.6) is 0 Å². The number of anilines is 1. The van der Waals surface area contributed by atoms with Crippen LogP contribution in [0.4, 0.5) is 5.82 Å². The Bertz CT molecular complexity index is 383. The molecule has 1 aliphatic rings. The Morgan fingerprint density at radius 3 is 3.07 bits per heavy atom. The average molecular weight is 317 g/mol. The molecule has 0 aliphatic carbocycles. The van der Waals surface area contributed by atoms with E-state index in [1.165, 1.54) is 0 Å². The number of carbonyl (C=O) groups excluding carboxylic acids is 1. The van der Waals surface area contributed by atoms with Crippen molar-refractivity contribution in [2.45, 2.75) is 6.42 Å². The predicted molar refractivity (Wildman–Crippen MR) is 66.5 cm³/mol. The predicted octanol–water partition coefficient (Wildman–Crippen LogP) is 0.998. The molecule has 1 aromatic rings. The van der Waals surface area contributed by atoms with Gasteiger partial charge in [0.1, 0.15) is 5.82 Å². The van der Waals surface area contributed by atoms with Gasteiger partial charge in [-0.15, -0.1) is 0 Å². The average Bonchev–Trinajstić information content (AvgIpc) is 2.60. The zero-order chi connectivity index (χ0) is 10.8. The van der Waals surface area contributed by atoms with Crippen molar-refractivity contribution in [3.8, 4) is 0 Å². The summed E-state index contributed by atoms with van der Waals surface area (Å²) >= 11 is 2.19. The number of nitrogens with two attached hydrogens (primary N) is 1. The second-order valence-corrected chi connectivity index (χ2v) is 4.78. The Morgan fingerprint density at radius 2 is 2.47 bits per heavy atom. The first kappa shape index (κ1) is 10.8. The zero-order valence-electron chi connectivity index (χ0n) is 8.19. The molecular formula is C10H12IN3O. The van der Waals surface area contributed by atoms with E-state index in [0.29, 0.717) is 19.5 Å². The lowest BCUT2D eigenvalue weighted by atomic mass is 10.1. The highest BCUT2D eigenvalue weighted by Gasteiger charge is 2.31. The SMILES string of the molecule is NCC1CC(=O)N(c2ncccc2I)C1. The fraction of sp³-hybridized carbons (Fsp3) is 0.400. The standard InChI is InChI=1S/C10H12IN3O/c11-8-2-1-3-13-10(8)14-6-7(5-12)4-9(14)15/h1-3,7H,4-6,12H2. The van der Waals surface area contributed by atoms with Gasteiger partial charge in [0.15, 0.2) is 0 Å². The Morgan fingerprint density at radius 1 is 1.67 bits per heavy atom. The summed E-state index contributed by atoms with van der Waals surface area (Å²) in [6.07, 6.45) is 2.25. The molecule has 0 saturated carbocycles. The molecule has 15 heavy (non-hydrogen) atoms. The van der Waals surface area contributed by atoms with Gasteiger partial charge < -0.3 is 5.73 Å². The van der Waals surface area contributed by atoms with Crippen molar-refractivity contribution < 1.29 is 4.79 Å². The Kier molecular flexibility index (Phi) is 3.20. The number of rotatable bonds is 2. The fourth-order valence-electron chi connectivity index (χ4n) is 1.72. The first-order chi connectivity index (χ1) is 7.22. The van der Waals surface area contributed by atoms with E-state index in [1.54, 1.807) is 11.1 Å². The molecule has 2 rings (SSSR count). The maximum atomic E-state index is 11.7. The summed E-state index contributed by atoms with van der Waals surface area (Å²) < 4.78 is 1.00. The largest absolute Gasteiger partial charge is 0.330 e. The van der Waals surface area contributed by atoms with Gasteiger partial charge in [-0.2, -0.15) is 0 Å². The van der Waals surface area contributed by atoms with Crippen LogP contribution in [0, 0.1) is 9.49 Å². The summed E-state index contributed by atoms with van der Waals surface area (Å²) in [5.74, 6) is 1.16. The van der Waals surface area contributed by atoms with Gasteiger partial charge in [0, 0.05) is 19.2 Å².